The van der Waals surface area contributed by atoms with Crippen molar-refractivity contribution < 1.29 is 0 Å². The molecule has 128 valence electrons. The highest BCUT2D eigenvalue weighted by Gasteiger charge is 2.16. The van der Waals surface area contributed by atoms with E-state index in [0.29, 0.717) is 6.54 Å². The number of halogens is 1. The zero-order valence-corrected chi connectivity index (χ0v) is 16.1. The molecule has 0 fully saturated rings. The molecule has 7 nitrogen and oxygen atoms in total. The Balaban J connectivity index is 1.58. The van der Waals surface area contributed by atoms with Gasteiger partial charge in [-0.2, -0.15) is 9.61 Å². The Morgan fingerprint density at radius 3 is 2.92 bits per heavy atom. The van der Waals surface area contributed by atoms with Gasteiger partial charge in [0.1, 0.15) is 10.8 Å². The third kappa shape index (κ3) is 2.51. The highest BCUT2D eigenvalue weighted by Crippen LogP contribution is 2.27. The van der Waals surface area contributed by atoms with Crippen LogP contribution in [0.15, 0.2) is 47.2 Å². The minimum atomic E-state index is 0.563. The molecule has 0 N–H and O–H groups in total. The molecule has 0 amide bonds. The first-order valence-electron chi connectivity index (χ1n) is 7.93. The number of hydrogen-bond acceptors (Lipinski definition) is 6. The molecule has 5 aromatic rings. The lowest BCUT2D eigenvalue weighted by Gasteiger charge is -2.04. The maximum Gasteiger partial charge on any atom is 0.235 e. The molecule has 0 bridgehead atoms. The van der Waals surface area contributed by atoms with Crippen molar-refractivity contribution in [1.29, 1.82) is 0 Å². The summed E-state index contributed by atoms with van der Waals surface area (Å²) in [5, 5.41) is 14.1. The molecule has 26 heavy (non-hydrogen) atoms. The third-order valence-corrected chi connectivity index (χ3v) is 5.53. The molecule has 0 atom stereocenters. The van der Waals surface area contributed by atoms with Gasteiger partial charge in [0.15, 0.2) is 5.82 Å². The van der Waals surface area contributed by atoms with Gasteiger partial charge in [-0.1, -0.05) is 23.5 Å². The second kappa shape index (κ2) is 5.96. The maximum absolute atomic E-state index is 4.69. The lowest BCUT2D eigenvalue weighted by Crippen LogP contribution is -2.06. The standard InChI is InChI=1S/C17H12BrN7S/c1-10-20-13-4-2-3-5-14(13)24(10)9-15-21-22-17-25(15)23-16(26-17)11-6-12(18)8-19-7-11/h2-8H,9H2,1H3. The largest absolute Gasteiger partial charge is 0.320 e. The fourth-order valence-electron chi connectivity index (χ4n) is 2.94. The summed E-state index contributed by atoms with van der Waals surface area (Å²) in [6.07, 6.45) is 3.55. The molecular formula is C17H12BrN7S. The Morgan fingerprint density at radius 2 is 2.04 bits per heavy atom. The molecule has 0 saturated carbocycles. The summed E-state index contributed by atoms with van der Waals surface area (Å²) in [4.78, 5) is 9.58. The van der Waals surface area contributed by atoms with Crippen LogP contribution >= 0.6 is 27.3 Å². The monoisotopic (exact) mass is 425 g/mol. The Morgan fingerprint density at radius 1 is 1.15 bits per heavy atom. The van der Waals surface area contributed by atoms with E-state index >= 15 is 0 Å². The molecule has 0 aliphatic rings. The van der Waals surface area contributed by atoms with E-state index in [9.17, 15) is 0 Å². The van der Waals surface area contributed by atoms with Gasteiger partial charge in [-0.25, -0.2) is 4.98 Å². The average molecular weight is 426 g/mol. The predicted molar refractivity (Wildman–Crippen MR) is 103 cm³/mol. The van der Waals surface area contributed by atoms with E-state index in [1.165, 1.54) is 11.3 Å². The number of aromatic nitrogens is 7. The molecule has 0 aliphatic carbocycles. The Kier molecular flexibility index (Phi) is 3.57. The van der Waals surface area contributed by atoms with E-state index in [1.54, 1.807) is 16.9 Å². The van der Waals surface area contributed by atoms with Crippen molar-refractivity contribution in [3.63, 3.8) is 0 Å². The van der Waals surface area contributed by atoms with Crippen molar-refractivity contribution in [2.24, 2.45) is 0 Å². The summed E-state index contributed by atoms with van der Waals surface area (Å²) in [5.74, 6) is 1.71. The SMILES string of the molecule is Cc1nc2ccccc2n1Cc1nnc2sc(-c3cncc(Br)c3)nn12. The fraction of sp³-hybridized carbons (Fsp3) is 0.118. The van der Waals surface area contributed by atoms with Crippen LogP contribution in [0.4, 0.5) is 0 Å². The van der Waals surface area contributed by atoms with Crippen LogP contribution < -0.4 is 0 Å². The van der Waals surface area contributed by atoms with Gasteiger partial charge in [-0.3, -0.25) is 4.98 Å². The van der Waals surface area contributed by atoms with Gasteiger partial charge in [0.25, 0.3) is 0 Å². The maximum atomic E-state index is 4.69. The lowest BCUT2D eigenvalue weighted by molar-refractivity contribution is 0.707. The molecule has 0 unspecified atom stereocenters. The topological polar surface area (TPSA) is 73.8 Å². The van der Waals surface area contributed by atoms with Crippen LogP contribution in [0, 0.1) is 6.92 Å². The minimum Gasteiger partial charge on any atom is -0.320 e. The summed E-state index contributed by atoms with van der Waals surface area (Å²) in [5.41, 5.74) is 3.00. The second-order valence-corrected chi connectivity index (χ2v) is 7.72. The van der Waals surface area contributed by atoms with Crippen molar-refractivity contribution in [3.05, 3.63) is 58.8 Å². The van der Waals surface area contributed by atoms with Crippen LogP contribution in [0.25, 0.3) is 26.6 Å². The van der Waals surface area contributed by atoms with Crippen molar-refractivity contribution in [3.8, 4) is 10.6 Å². The normalized spacial score (nSPS) is 11.6. The number of pyridine rings is 1. The van der Waals surface area contributed by atoms with Crippen LogP contribution in [0.1, 0.15) is 11.6 Å². The van der Waals surface area contributed by atoms with E-state index in [0.717, 1.165) is 42.7 Å². The smallest absolute Gasteiger partial charge is 0.235 e. The van der Waals surface area contributed by atoms with Crippen LogP contribution in [0.3, 0.4) is 0 Å². The number of hydrogen-bond donors (Lipinski definition) is 0. The van der Waals surface area contributed by atoms with Crippen LogP contribution in [-0.4, -0.2) is 34.3 Å². The molecular weight excluding hydrogens is 414 g/mol. The van der Waals surface area contributed by atoms with Crippen molar-refractivity contribution in [2.45, 2.75) is 13.5 Å². The van der Waals surface area contributed by atoms with Gasteiger partial charge >= 0.3 is 0 Å². The van der Waals surface area contributed by atoms with Gasteiger partial charge in [0.2, 0.25) is 4.96 Å². The van der Waals surface area contributed by atoms with E-state index < -0.39 is 0 Å². The van der Waals surface area contributed by atoms with E-state index in [4.69, 9.17) is 0 Å². The molecule has 5 rings (SSSR count). The van der Waals surface area contributed by atoms with Gasteiger partial charge in [0, 0.05) is 22.4 Å². The van der Waals surface area contributed by atoms with Gasteiger partial charge in [0.05, 0.1) is 17.6 Å². The van der Waals surface area contributed by atoms with Crippen LogP contribution in [-0.2, 0) is 6.54 Å². The second-order valence-electron chi connectivity index (χ2n) is 5.84. The minimum absolute atomic E-state index is 0.563. The predicted octanol–water partition coefficient (Wildman–Crippen LogP) is 3.72. The number of fused-ring (bicyclic) bond motifs is 2. The highest BCUT2D eigenvalue weighted by molar-refractivity contribution is 9.10. The lowest BCUT2D eigenvalue weighted by atomic mass is 10.3. The molecule has 1 aromatic carbocycles. The van der Waals surface area contributed by atoms with Crippen molar-refractivity contribution in [1.82, 2.24) is 34.3 Å². The van der Waals surface area contributed by atoms with Crippen LogP contribution in [0.2, 0.25) is 0 Å². The molecule has 4 aromatic heterocycles. The van der Waals surface area contributed by atoms with E-state index in [2.05, 4.69) is 51.8 Å². The van der Waals surface area contributed by atoms with Gasteiger partial charge in [-0.15, -0.1) is 10.2 Å². The van der Waals surface area contributed by atoms with Gasteiger partial charge < -0.3 is 4.57 Å². The fourth-order valence-corrected chi connectivity index (χ4v) is 4.14. The summed E-state index contributed by atoms with van der Waals surface area (Å²) in [6, 6.07) is 10.1. The van der Waals surface area contributed by atoms with Crippen molar-refractivity contribution >= 4 is 43.3 Å². The Labute approximate surface area is 160 Å². The zero-order valence-electron chi connectivity index (χ0n) is 13.7. The average Bonchev–Trinajstić information content (AvgIpc) is 3.30. The van der Waals surface area contributed by atoms with E-state index in [-0.39, 0.29) is 0 Å². The number of para-hydroxylation sites is 2. The first-order chi connectivity index (χ1) is 12.7. The van der Waals surface area contributed by atoms with Gasteiger partial charge in [-0.05, 0) is 41.1 Å². The number of imidazole rings is 1. The number of benzene rings is 1. The molecule has 4 heterocycles. The molecule has 0 aliphatic heterocycles. The quantitative estimate of drug-likeness (QED) is 0.440. The zero-order chi connectivity index (χ0) is 17.7. The molecule has 9 heteroatoms. The Bertz CT molecular complexity index is 1250. The number of nitrogens with zero attached hydrogens (tertiary/aromatic N) is 7. The highest BCUT2D eigenvalue weighted by atomic mass is 79.9. The number of rotatable bonds is 3. The van der Waals surface area contributed by atoms with E-state index in [1.807, 2.05) is 31.2 Å². The third-order valence-electron chi connectivity index (χ3n) is 4.15. The Hall–Kier alpha value is -2.65. The first kappa shape index (κ1) is 15.6. The molecule has 0 radical (unpaired) electrons. The summed E-state index contributed by atoms with van der Waals surface area (Å²) >= 11 is 4.94. The van der Waals surface area contributed by atoms with Crippen molar-refractivity contribution in [2.75, 3.05) is 0 Å². The molecule has 0 spiro atoms. The summed E-state index contributed by atoms with van der Waals surface area (Å²) in [6.45, 7) is 2.56. The van der Waals surface area contributed by atoms with Crippen LogP contribution in [0.5, 0.6) is 0 Å². The number of aryl methyl sites for hydroxylation is 1. The summed E-state index contributed by atoms with van der Waals surface area (Å²) < 4.78 is 4.85. The molecule has 0 saturated heterocycles. The summed E-state index contributed by atoms with van der Waals surface area (Å²) in [7, 11) is 0. The first-order valence-corrected chi connectivity index (χ1v) is 9.54.